The third-order valence-electron chi connectivity index (χ3n) is 6.10. The van der Waals surface area contributed by atoms with E-state index in [9.17, 15) is 4.79 Å². The maximum Gasteiger partial charge on any atom is 0.331 e. The van der Waals surface area contributed by atoms with Gasteiger partial charge in [-0.3, -0.25) is 10.4 Å². The zero-order chi connectivity index (χ0) is 20.5. The summed E-state index contributed by atoms with van der Waals surface area (Å²) in [5.74, 6) is 1.24. The Balaban J connectivity index is 1.38. The summed E-state index contributed by atoms with van der Waals surface area (Å²) in [7, 11) is 0. The van der Waals surface area contributed by atoms with Crippen LogP contribution in [0.5, 0.6) is 0 Å². The highest BCUT2D eigenvalue weighted by molar-refractivity contribution is 5.97. The van der Waals surface area contributed by atoms with E-state index in [2.05, 4.69) is 34.6 Å². The number of amides is 1. The first-order chi connectivity index (χ1) is 14.7. The second-order valence-corrected chi connectivity index (χ2v) is 8.02. The quantitative estimate of drug-likeness (QED) is 0.691. The number of benzene rings is 2. The molecule has 7 nitrogen and oxygen atoms in total. The van der Waals surface area contributed by atoms with Gasteiger partial charge >= 0.3 is 6.03 Å². The Morgan fingerprint density at radius 1 is 1.03 bits per heavy atom. The van der Waals surface area contributed by atoms with Crippen LogP contribution in [-0.2, 0) is 6.42 Å². The lowest BCUT2D eigenvalue weighted by atomic mass is 9.90. The van der Waals surface area contributed by atoms with E-state index in [0.717, 1.165) is 49.9 Å². The van der Waals surface area contributed by atoms with Crippen LogP contribution in [0.1, 0.15) is 18.4 Å². The standard InChI is InChI=1S/C23H26N6O/c24-21-28(22-25-12-13-26-22)19-8-4-5-9-20(19)29(21)23(30)27-14-10-18(11-15-27)16-17-6-2-1-3-7-17/h1-9,18,24H,10-16H2,(H,25,26). The van der Waals surface area contributed by atoms with Crippen molar-refractivity contribution in [3.63, 3.8) is 0 Å². The van der Waals surface area contributed by atoms with E-state index < -0.39 is 0 Å². The molecule has 1 aromatic heterocycles. The summed E-state index contributed by atoms with van der Waals surface area (Å²) in [4.78, 5) is 19.8. The molecule has 2 aliphatic rings. The lowest BCUT2D eigenvalue weighted by molar-refractivity contribution is 0.171. The number of hydrogen-bond acceptors (Lipinski definition) is 4. The summed E-state index contributed by atoms with van der Waals surface area (Å²) in [6.45, 7) is 2.89. The molecule has 154 valence electrons. The zero-order valence-corrected chi connectivity index (χ0v) is 16.9. The van der Waals surface area contributed by atoms with Gasteiger partial charge in [0, 0.05) is 19.6 Å². The highest BCUT2D eigenvalue weighted by atomic mass is 16.2. The minimum Gasteiger partial charge on any atom is -0.354 e. The van der Waals surface area contributed by atoms with Gasteiger partial charge in [0.25, 0.3) is 0 Å². The molecule has 1 amide bonds. The fourth-order valence-corrected chi connectivity index (χ4v) is 4.53. The van der Waals surface area contributed by atoms with E-state index in [4.69, 9.17) is 5.41 Å². The van der Waals surface area contributed by atoms with Crippen molar-refractivity contribution in [1.29, 1.82) is 5.41 Å². The number of carbonyl (C=O) groups is 1. The molecule has 3 heterocycles. The Labute approximate surface area is 175 Å². The lowest BCUT2D eigenvalue weighted by Gasteiger charge is -2.32. The molecule has 2 N–H and O–H groups in total. The van der Waals surface area contributed by atoms with Crippen molar-refractivity contribution in [2.24, 2.45) is 10.9 Å². The minimum atomic E-state index is -0.119. The molecular formula is C23H26N6O. The van der Waals surface area contributed by atoms with E-state index in [-0.39, 0.29) is 11.6 Å². The Kier molecular flexibility index (Phi) is 4.86. The van der Waals surface area contributed by atoms with Crippen molar-refractivity contribution in [2.45, 2.75) is 19.3 Å². The van der Waals surface area contributed by atoms with Gasteiger partial charge in [-0.1, -0.05) is 42.5 Å². The largest absolute Gasteiger partial charge is 0.354 e. The average Bonchev–Trinajstić information content (AvgIpc) is 3.40. The number of imidazole rings is 1. The average molecular weight is 403 g/mol. The molecule has 0 spiro atoms. The van der Waals surface area contributed by atoms with Crippen LogP contribution in [0.3, 0.4) is 0 Å². The van der Waals surface area contributed by atoms with Crippen molar-refractivity contribution in [3.05, 3.63) is 65.8 Å². The number of rotatable bonds is 2. The van der Waals surface area contributed by atoms with Crippen molar-refractivity contribution in [2.75, 3.05) is 26.2 Å². The van der Waals surface area contributed by atoms with Crippen molar-refractivity contribution < 1.29 is 4.79 Å². The molecule has 1 fully saturated rings. The fraction of sp³-hybridized carbons (Fsp3) is 0.348. The third-order valence-corrected chi connectivity index (χ3v) is 6.10. The van der Waals surface area contributed by atoms with E-state index in [1.165, 1.54) is 10.1 Å². The molecule has 0 aliphatic carbocycles. The van der Waals surface area contributed by atoms with Crippen molar-refractivity contribution in [1.82, 2.24) is 19.4 Å². The number of fused-ring (bicyclic) bond motifs is 1. The predicted octanol–water partition coefficient (Wildman–Crippen LogP) is 2.65. The number of nitrogens with one attached hydrogen (secondary N) is 2. The van der Waals surface area contributed by atoms with Crippen LogP contribution in [0.4, 0.5) is 4.79 Å². The number of piperidine rings is 1. The van der Waals surface area contributed by atoms with Gasteiger partial charge in [-0.25, -0.2) is 13.9 Å². The van der Waals surface area contributed by atoms with Gasteiger partial charge in [0.1, 0.15) is 0 Å². The van der Waals surface area contributed by atoms with Crippen LogP contribution in [0.25, 0.3) is 11.0 Å². The monoisotopic (exact) mass is 402 g/mol. The molecule has 7 heteroatoms. The molecule has 2 aromatic carbocycles. The molecule has 0 bridgehead atoms. The topological polar surface area (TPSA) is 78.4 Å². The number of aliphatic imine (C=N–C) groups is 1. The van der Waals surface area contributed by atoms with Gasteiger partial charge in [0.2, 0.25) is 11.6 Å². The molecule has 30 heavy (non-hydrogen) atoms. The summed E-state index contributed by atoms with van der Waals surface area (Å²) in [5.41, 5.74) is 3.07. The number of aromatic nitrogens is 2. The maximum absolute atomic E-state index is 13.4. The molecule has 2 aliphatic heterocycles. The minimum absolute atomic E-state index is 0.119. The SMILES string of the molecule is N=c1n(C(=O)N2CCC(Cc3ccccc3)CC2)c2ccccc2n1C1=NCCN1. The van der Waals surface area contributed by atoms with Gasteiger partial charge in [-0.05, 0) is 42.9 Å². The zero-order valence-electron chi connectivity index (χ0n) is 16.9. The smallest absolute Gasteiger partial charge is 0.331 e. The number of carbonyl (C=O) groups excluding carboxylic acids is 1. The number of hydrogen-bond donors (Lipinski definition) is 2. The number of nitrogens with zero attached hydrogens (tertiary/aromatic N) is 4. The molecule has 0 radical (unpaired) electrons. The summed E-state index contributed by atoms with van der Waals surface area (Å²) in [6.07, 6.45) is 3.04. The normalized spacial score (nSPS) is 17.2. The Bertz CT molecular complexity index is 1150. The van der Waals surface area contributed by atoms with Crippen LogP contribution in [0, 0.1) is 11.3 Å². The Morgan fingerprint density at radius 2 is 1.73 bits per heavy atom. The van der Waals surface area contributed by atoms with E-state index >= 15 is 0 Å². The summed E-state index contributed by atoms with van der Waals surface area (Å²) in [5, 5.41) is 12.0. The Hall–Kier alpha value is -3.35. The Morgan fingerprint density at radius 3 is 2.43 bits per heavy atom. The van der Waals surface area contributed by atoms with Gasteiger partial charge in [0.05, 0.1) is 17.6 Å². The van der Waals surface area contributed by atoms with Crippen LogP contribution in [-0.4, -0.2) is 52.2 Å². The van der Waals surface area contributed by atoms with Crippen LogP contribution in [0.15, 0.2) is 59.6 Å². The molecule has 0 saturated carbocycles. The third kappa shape index (κ3) is 3.30. The number of likely N-dealkylation sites (tertiary alicyclic amines) is 1. The first-order valence-electron chi connectivity index (χ1n) is 10.6. The fourth-order valence-electron chi connectivity index (χ4n) is 4.53. The molecule has 0 atom stereocenters. The summed E-state index contributed by atoms with van der Waals surface area (Å²) in [6, 6.07) is 18.1. The lowest BCUT2D eigenvalue weighted by Crippen LogP contribution is -2.45. The molecular weight excluding hydrogens is 376 g/mol. The predicted molar refractivity (Wildman–Crippen MR) is 117 cm³/mol. The van der Waals surface area contributed by atoms with Gasteiger partial charge in [-0.15, -0.1) is 0 Å². The first-order valence-corrected chi connectivity index (χ1v) is 10.6. The second-order valence-electron chi connectivity index (χ2n) is 8.02. The first kappa shape index (κ1) is 18.7. The highest BCUT2D eigenvalue weighted by Crippen LogP contribution is 2.23. The molecule has 3 aromatic rings. The second kappa shape index (κ2) is 7.82. The van der Waals surface area contributed by atoms with Crippen LogP contribution in [0.2, 0.25) is 0 Å². The van der Waals surface area contributed by atoms with Crippen molar-refractivity contribution >= 4 is 23.0 Å². The van der Waals surface area contributed by atoms with E-state index in [0.29, 0.717) is 18.4 Å². The molecule has 1 saturated heterocycles. The van der Waals surface area contributed by atoms with E-state index in [1.807, 2.05) is 35.2 Å². The van der Waals surface area contributed by atoms with Crippen molar-refractivity contribution in [3.8, 4) is 0 Å². The number of para-hydroxylation sites is 2. The van der Waals surface area contributed by atoms with Crippen LogP contribution < -0.4 is 10.9 Å². The summed E-state index contributed by atoms with van der Waals surface area (Å²) < 4.78 is 3.26. The van der Waals surface area contributed by atoms with Gasteiger partial charge < -0.3 is 10.2 Å². The van der Waals surface area contributed by atoms with Crippen LogP contribution >= 0.6 is 0 Å². The van der Waals surface area contributed by atoms with Gasteiger partial charge in [0.15, 0.2) is 0 Å². The molecule has 0 unspecified atom stereocenters. The maximum atomic E-state index is 13.4. The van der Waals surface area contributed by atoms with Gasteiger partial charge in [-0.2, -0.15) is 0 Å². The highest BCUT2D eigenvalue weighted by Gasteiger charge is 2.27. The summed E-state index contributed by atoms with van der Waals surface area (Å²) >= 11 is 0. The molecule has 5 rings (SSSR count). The van der Waals surface area contributed by atoms with E-state index in [1.54, 1.807) is 4.57 Å².